The Balaban J connectivity index is 1.48. The number of benzene rings is 3. The summed E-state index contributed by atoms with van der Waals surface area (Å²) in [4.78, 5) is 40.2. The van der Waals surface area contributed by atoms with Gasteiger partial charge in [0.25, 0.3) is 11.5 Å². The quantitative estimate of drug-likeness (QED) is 0.257. The van der Waals surface area contributed by atoms with E-state index in [0.29, 0.717) is 40.6 Å². The molecule has 3 aromatic carbocycles. The van der Waals surface area contributed by atoms with Crippen LogP contribution in [0.5, 0.6) is 11.5 Å². The van der Waals surface area contributed by atoms with Gasteiger partial charge in [-0.15, -0.1) is 11.8 Å². The molecule has 0 saturated carbocycles. The van der Waals surface area contributed by atoms with E-state index in [0.717, 1.165) is 4.90 Å². The number of hydrogen-bond acceptors (Lipinski definition) is 6. The Kier molecular flexibility index (Phi) is 9.00. The highest BCUT2D eigenvalue weighted by Gasteiger charge is 2.23. The van der Waals surface area contributed by atoms with Gasteiger partial charge in [0.2, 0.25) is 5.91 Å². The smallest absolute Gasteiger partial charge is 0.295 e. The van der Waals surface area contributed by atoms with E-state index < -0.39 is 5.25 Å². The standard InChI is InChI=1S/C30H32N4O5S/c1-6-26(29(36)32-27-19(2)33(3)34(30(27)37)22-12-8-7-9-13-22)40-23-14-10-11-21(18-23)31-28(35)20-15-16-24(38-4)25(17-20)39-5/h7-18,26H,6H2,1-5H3,(H,31,35)(H,32,36). The number of nitrogens with one attached hydrogen (secondary N) is 2. The Morgan fingerprint density at radius 3 is 2.33 bits per heavy atom. The van der Waals surface area contributed by atoms with Crippen LogP contribution in [0.15, 0.2) is 82.5 Å². The molecule has 40 heavy (non-hydrogen) atoms. The number of rotatable bonds is 10. The number of nitrogens with zero attached hydrogens (tertiary/aromatic N) is 2. The van der Waals surface area contributed by atoms with E-state index in [2.05, 4.69) is 10.6 Å². The predicted octanol–water partition coefficient (Wildman–Crippen LogP) is 5.26. The highest BCUT2D eigenvalue weighted by Crippen LogP contribution is 2.30. The van der Waals surface area contributed by atoms with Gasteiger partial charge in [0.1, 0.15) is 5.69 Å². The lowest BCUT2D eigenvalue weighted by Crippen LogP contribution is -2.28. The Hall–Kier alpha value is -4.44. The third kappa shape index (κ3) is 6.07. The second-order valence-corrected chi connectivity index (χ2v) is 10.3. The maximum absolute atomic E-state index is 13.3. The molecule has 208 valence electrons. The molecule has 0 bridgehead atoms. The summed E-state index contributed by atoms with van der Waals surface area (Å²) in [6.45, 7) is 3.72. The summed E-state index contributed by atoms with van der Waals surface area (Å²) in [6.07, 6.45) is 0.539. The number of carbonyl (C=O) groups is 2. The van der Waals surface area contributed by atoms with Crippen LogP contribution in [-0.2, 0) is 11.8 Å². The molecule has 1 aromatic heterocycles. The van der Waals surface area contributed by atoms with Crippen LogP contribution < -0.4 is 25.7 Å². The molecule has 4 aromatic rings. The largest absolute Gasteiger partial charge is 0.493 e. The number of amides is 2. The maximum atomic E-state index is 13.3. The zero-order chi connectivity index (χ0) is 28.8. The number of thioether (sulfide) groups is 1. The van der Waals surface area contributed by atoms with Crippen LogP contribution in [0.1, 0.15) is 29.4 Å². The van der Waals surface area contributed by atoms with Gasteiger partial charge in [0.05, 0.1) is 30.9 Å². The lowest BCUT2D eigenvalue weighted by molar-refractivity contribution is -0.115. The van der Waals surface area contributed by atoms with Gasteiger partial charge in [-0.05, 0) is 61.9 Å². The molecular weight excluding hydrogens is 528 g/mol. The Bertz CT molecular complexity index is 1580. The normalized spacial score (nSPS) is 11.5. The fourth-order valence-corrected chi connectivity index (χ4v) is 5.24. The molecule has 1 unspecified atom stereocenters. The molecule has 2 N–H and O–H groups in total. The van der Waals surface area contributed by atoms with Crippen molar-refractivity contribution in [1.29, 1.82) is 0 Å². The Morgan fingerprint density at radius 1 is 0.925 bits per heavy atom. The van der Waals surface area contributed by atoms with Gasteiger partial charge >= 0.3 is 0 Å². The minimum absolute atomic E-state index is 0.256. The fourth-order valence-electron chi connectivity index (χ4n) is 4.23. The molecule has 1 atom stereocenters. The summed E-state index contributed by atoms with van der Waals surface area (Å²) in [7, 11) is 4.83. The van der Waals surface area contributed by atoms with Gasteiger partial charge in [0, 0.05) is 23.2 Å². The third-order valence-electron chi connectivity index (χ3n) is 6.48. The van der Waals surface area contributed by atoms with Crippen LogP contribution in [0, 0.1) is 6.92 Å². The van der Waals surface area contributed by atoms with E-state index in [9.17, 15) is 14.4 Å². The van der Waals surface area contributed by atoms with Gasteiger partial charge < -0.3 is 20.1 Å². The molecule has 9 nitrogen and oxygen atoms in total. The zero-order valence-electron chi connectivity index (χ0n) is 23.1. The number of methoxy groups -OCH3 is 2. The Morgan fingerprint density at radius 2 is 1.65 bits per heavy atom. The summed E-state index contributed by atoms with van der Waals surface area (Å²) in [5.74, 6) is 0.423. The highest BCUT2D eigenvalue weighted by atomic mass is 32.2. The molecule has 0 aliphatic heterocycles. The summed E-state index contributed by atoms with van der Waals surface area (Å²) in [5, 5.41) is 5.30. The number of carbonyl (C=O) groups excluding carboxylic acids is 2. The molecule has 4 rings (SSSR count). The van der Waals surface area contributed by atoms with Gasteiger partial charge in [-0.25, -0.2) is 4.68 Å². The second-order valence-electron chi connectivity index (χ2n) is 8.99. The number of anilines is 2. The van der Waals surface area contributed by atoms with Crippen LogP contribution in [0.2, 0.25) is 0 Å². The van der Waals surface area contributed by atoms with Crippen molar-refractivity contribution in [2.75, 3.05) is 24.9 Å². The van der Waals surface area contributed by atoms with Crippen molar-refractivity contribution < 1.29 is 19.1 Å². The first kappa shape index (κ1) is 28.6. The van der Waals surface area contributed by atoms with E-state index in [4.69, 9.17) is 9.47 Å². The number of ether oxygens (including phenoxy) is 2. The maximum Gasteiger partial charge on any atom is 0.295 e. The van der Waals surface area contributed by atoms with Gasteiger partial charge in [0.15, 0.2) is 11.5 Å². The summed E-state index contributed by atoms with van der Waals surface area (Å²) in [5.41, 5.74) is 2.34. The van der Waals surface area contributed by atoms with Crippen LogP contribution in [-0.4, -0.2) is 40.6 Å². The lowest BCUT2D eigenvalue weighted by Gasteiger charge is -2.15. The number of para-hydroxylation sites is 1. The van der Waals surface area contributed by atoms with Crippen LogP contribution >= 0.6 is 11.8 Å². The molecule has 0 spiro atoms. The minimum Gasteiger partial charge on any atom is -0.493 e. The van der Waals surface area contributed by atoms with Crippen LogP contribution in [0.4, 0.5) is 11.4 Å². The van der Waals surface area contributed by atoms with E-state index in [1.165, 1.54) is 30.7 Å². The third-order valence-corrected chi connectivity index (χ3v) is 7.84. The van der Waals surface area contributed by atoms with E-state index in [1.807, 2.05) is 55.5 Å². The molecular formula is C30H32N4O5S. The van der Waals surface area contributed by atoms with Gasteiger partial charge in [-0.3, -0.25) is 19.1 Å². The number of aromatic nitrogens is 2. The molecule has 10 heteroatoms. The van der Waals surface area contributed by atoms with Crippen LogP contribution in [0.25, 0.3) is 5.69 Å². The first-order valence-electron chi connectivity index (χ1n) is 12.7. The first-order valence-corrected chi connectivity index (χ1v) is 13.6. The van der Waals surface area contributed by atoms with Crippen molar-refractivity contribution in [3.8, 4) is 17.2 Å². The summed E-state index contributed by atoms with van der Waals surface area (Å²) >= 11 is 1.37. The molecule has 0 radical (unpaired) electrons. The van der Waals surface area contributed by atoms with E-state index >= 15 is 0 Å². The molecule has 2 amide bonds. The lowest BCUT2D eigenvalue weighted by atomic mass is 10.2. The van der Waals surface area contributed by atoms with Crippen molar-refractivity contribution in [1.82, 2.24) is 9.36 Å². The molecule has 0 saturated heterocycles. The zero-order valence-corrected chi connectivity index (χ0v) is 23.9. The molecule has 0 aliphatic rings. The minimum atomic E-state index is -0.457. The van der Waals surface area contributed by atoms with Crippen LogP contribution in [0.3, 0.4) is 0 Å². The molecule has 0 aliphatic carbocycles. The summed E-state index contributed by atoms with van der Waals surface area (Å²) < 4.78 is 13.8. The predicted molar refractivity (Wildman–Crippen MR) is 158 cm³/mol. The molecule has 1 heterocycles. The summed E-state index contributed by atoms with van der Waals surface area (Å²) in [6, 6.07) is 21.5. The van der Waals surface area contributed by atoms with Crippen molar-refractivity contribution in [2.24, 2.45) is 7.05 Å². The monoisotopic (exact) mass is 560 g/mol. The highest BCUT2D eigenvalue weighted by molar-refractivity contribution is 8.00. The van der Waals surface area contributed by atoms with Gasteiger partial charge in [-0.2, -0.15) is 0 Å². The SMILES string of the molecule is CCC(Sc1cccc(NC(=O)c2ccc(OC)c(OC)c2)c1)C(=O)Nc1c(C)n(C)n(-c2ccccc2)c1=O. The van der Waals surface area contributed by atoms with Crippen molar-refractivity contribution >= 4 is 35.0 Å². The molecule has 0 fully saturated rings. The topological polar surface area (TPSA) is 104 Å². The second kappa shape index (κ2) is 12.6. The van der Waals surface area contributed by atoms with E-state index in [-0.39, 0.29) is 23.1 Å². The van der Waals surface area contributed by atoms with Crippen molar-refractivity contribution in [2.45, 2.75) is 30.4 Å². The van der Waals surface area contributed by atoms with E-state index in [1.54, 1.807) is 42.9 Å². The average Bonchev–Trinajstić information content (AvgIpc) is 3.18. The number of hydrogen-bond donors (Lipinski definition) is 2. The van der Waals surface area contributed by atoms with Gasteiger partial charge in [-0.1, -0.05) is 31.2 Å². The fraction of sp³-hybridized carbons (Fsp3) is 0.233. The first-order chi connectivity index (χ1) is 19.3. The van der Waals surface area contributed by atoms with Crippen molar-refractivity contribution in [3.63, 3.8) is 0 Å². The van der Waals surface area contributed by atoms with Crippen molar-refractivity contribution in [3.05, 3.63) is 94.4 Å². The average molecular weight is 561 g/mol. The Labute approximate surface area is 237 Å².